The third kappa shape index (κ3) is 1.79. The largest absolute Gasteiger partial charge is 0.385 e. The van der Waals surface area contributed by atoms with Gasteiger partial charge in [-0.1, -0.05) is 30.5 Å². The molecule has 0 aromatic heterocycles. The highest BCUT2D eigenvalue weighted by Crippen LogP contribution is 2.39. The van der Waals surface area contributed by atoms with Gasteiger partial charge in [0, 0.05) is 5.02 Å². The van der Waals surface area contributed by atoms with Crippen LogP contribution in [0.15, 0.2) is 18.2 Å². The van der Waals surface area contributed by atoms with Crippen molar-refractivity contribution in [1.82, 2.24) is 0 Å². The molecule has 1 aromatic carbocycles. The normalized spacial score (nSPS) is 19.9. The van der Waals surface area contributed by atoms with Gasteiger partial charge >= 0.3 is 0 Å². The van der Waals surface area contributed by atoms with Gasteiger partial charge in [-0.3, -0.25) is 0 Å². The molecule has 1 aliphatic rings. The summed E-state index contributed by atoms with van der Waals surface area (Å²) in [5.41, 5.74) is 1.49. The molecule has 0 heterocycles. The van der Waals surface area contributed by atoms with E-state index in [1.165, 1.54) is 0 Å². The monoisotopic (exact) mass is 210 g/mol. The van der Waals surface area contributed by atoms with Gasteiger partial charge in [-0.05, 0) is 43.0 Å². The predicted octanol–water partition coefficient (Wildman–Crippen LogP) is 3.41. The standard InChI is InChI=1S/C12H15ClO/c1-9-6-10(8-11(13)7-9)12(14)4-2-3-5-12/h6-8,14H,2-5H2,1H3. The van der Waals surface area contributed by atoms with Crippen LogP contribution in [0.4, 0.5) is 0 Å². The molecule has 1 fully saturated rings. The van der Waals surface area contributed by atoms with E-state index in [-0.39, 0.29) is 0 Å². The molecular weight excluding hydrogens is 196 g/mol. The topological polar surface area (TPSA) is 20.2 Å². The Balaban J connectivity index is 2.40. The van der Waals surface area contributed by atoms with E-state index in [9.17, 15) is 5.11 Å². The smallest absolute Gasteiger partial charge is 0.0897 e. The maximum absolute atomic E-state index is 10.4. The SMILES string of the molecule is Cc1cc(Cl)cc(C2(O)CCCC2)c1. The molecule has 1 nitrogen and oxygen atoms in total. The minimum absolute atomic E-state index is 0.615. The number of benzene rings is 1. The van der Waals surface area contributed by atoms with Crippen molar-refractivity contribution in [2.45, 2.75) is 38.2 Å². The zero-order valence-electron chi connectivity index (χ0n) is 8.39. The highest BCUT2D eigenvalue weighted by molar-refractivity contribution is 6.30. The summed E-state index contributed by atoms with van der Waals surface area (Å²) in [4.78, 5) is 0. The van der Waals surface area contributed by atoms with Crippen molar-refractivity contribution in [3.8, 4) is 0 Å². The lowest BCUT2D eigenvalue weighted by Gasteiger charge is -2.23. The Labute approximate surface area is 89.7 Å². The summed E-state index contributed by atoms with van der Waals surface area (Å²) < 4.78 is 0. The fourth-order valence-electron chi connectivity index (χ4n) is 2.25. The number of hydrogen-bond donors (Lipinski definition) is 1. The molecule has 0 radical (unpaired) electrons. The van der Waals surface area contributed by atoms with Gasteiger partial charge in [-0.25, -0.2) is 0 Å². The Morgan fingerprint density at radius 3 is 2.43 bits per heavy atom. The first kappa shape index (κ1) is 10.0. The lowest BCUT2D eigenvalue weighted by molar-refractivity contribution is 0.0444. The highest BCUT2D eigenvalue weighted by atomic mass is 35.5. The van der Waals surface area contributed by atoms with Gasteiger partial charge in [-0.2, -0.15) is 0 Å². The third-order valence-electron chi connectivity index (χ3n) is 3.01. The van der Waals surface area contributed by atoms with Crippen molar-refractivity contribution in [1.29, 1.82) is 0 Å². The van der Waals surface area contributed by atoms with Crippen LogP contribution >= 0.6 is 11.6 Å². The fraction of sp³-hybridized carbons (Fsp3) is 0.500. The zero-order valence-corrected chi connectivity index (χ0v) is 9.14. The first-order chi connectivity index (χ1) is 6.60. The van der Waals surface area contributed by atoms with Crippen molar-refractivity contribution < 1.29 is 5.11 Å². The van der Waals surface area contributed by atoms with E-state index in [4.69, 9.17) is 11.6 Å². The molecule has 14 heavy (non-hydrogen) atoms. The summed E-state index contributed by atoms with van der Waals surface area (Å²) in [6.45, 7) is 2.01. The van der Waals surface area contributed by atoms with Crippen LogP contribution in [0.3, 0.4) is 0 Å². The number of aliphatic hydroxyl groups is 1. The van der Waals surface area contributed by atoms with Crippen LogP contribution in [0, 0.1) is 6.92 Å². The lowest BCUT2D eigenvalue weighted by atomic mass is 9.91. The van der Waals surface area contributed by atoms with Gasteiger partial charge in [0.05, 0.1) is 5.60 Å². The van der Waals surface area contributed by atoms with E-state index >= 15 is 0 Å². The highest BCUT2D eigenvalue weighted by Gasteiger charge is 2.33. The van der Waals surface area contributed by atoms with Gasteiger partial charge in [0.2, 0.25) is 0 Å². The number of rotatable bonds is 1. The number of aryl methyl sites for hydroxylation is 1. The van der Waals surface area contributed by atoms with Crippen molar-refractivity contribution in [3.05, 3.63) is 34.3 Å². The second-order valence-corrected chi connectivity index (χ2v) is 4.69. The minimum Gasteiger partial charge on any atom is -0.385 e. The molecule has 0 unspecified atom stereocenters. The Morgan fingerprint density at radius 2 is 1.86 bits per heavy atom. The summed E-state index contributed by atoms with van der Waals surface area (Å²) in [6.07, 6.45) is 3.96. The first-order valence-corrected chi connectivity index (χ1v) is 5.48. The molecule has 1 aliphatic carbocycles. The van der Waals surface area contributed by atoms with Gasteiger partial charge in [0.15, 0.2) is 0 Å². The van der Waals surface area contributed by atoms with Gasteiger partial charge < -0.3 is 5.11 Å². The molecule has 2 heteroatoms. The van der Waals surface area contributed by atoms with E-state index in [1.807, 2.05) is 25.1 Å². The van der Waals surface area contributed by atoms with E-state index < -0.39 is 5.60 Å². The van der Waals surface area contributed by atoms with Crippen LogP contribution in [-0.4, -0.2) is 5.11 Å². The molecule has 0 aliphatic heterocycles. The third-order valence-corrected chi connectivity index (χ3v) is 3.23. The quantitative estimate of drug-likeness (QED) is 0.753. The summed E-state index contributed by atoms with van der Waals surface area (Å²) in [5, 5.41) is 11.1. The molecule has 2 rings (SSSR count). The van der Waals surface area contributed by atoms with Crippen molar-refractivity contribution in [2.75, 3.05) is 0 Å². The second-order valence-electron chi connectivity index (χ2n) is 4.26. The molecule has 0 atom stereocenters. The molecule has 1 aromatic rings. The molecule has 1 N–H and O–H groups in total. The minimum atomic E-state index is -0.615. The maximum Gasteiger partial charge on any atom is 0.0897 e. The van der Waals surface area contributed by atoms with Crippen LogP contribution in [0.1, 0.15) is 36.8 Å². The van der Waals surface area contributed by atoms with E-state index in [1.54, 1.807) is 0 Å². The Morgan fingerprint density at radius 1 is 1.21 bits per heavy atom. The van der Waals surface area contributed by atoms with Gasteiger partial charge in [0.1, 0.15) is 0 Å². The van der Waals surface area contributed by atoms with E-state index in [0.29, 0.717) is 0 Å². The molecule has 0 amide bonds. The Kier molecular flexibility index (Phi) is 2.54. The van der Waals surface area contributed by atoms with E-state index in [2.05, 4.69) is 0 Å². The predicted molar refractivity (Wildman–Crippen MR) is 58.6 cm³/mol. The van der Waals surface area contributed by atoms with Crippen molar-refractivity contribution >= 4 is 11.6 Å². The van der Waals surface area contributed by atoms with Crippen LogP contribution in [-0.2, 0) is 5.60 Å². The first-order valence-electron chi connectivity index (χ1n) is 5.10. The Bertz CT molecular complexity index is 320. The van der Waals surface area contributed by atoms with Crippen LogP contribution in [0.2, 0.25) is 5.02 Å². The molecule has 0 spiro atoms. The van der Waals surface area contributed by atoms with Crippen LogP contribution in [0.5, 0.6) is 0 Å². The fourth-order valence-corrected chi connectivity index (χ4v) is 2.54. The zero-order chi connectivity index (χ0) is 10.2. The van der Waals surface area contributed by atoms with Crippen molar-refractivity contribution in [2.24, 2.45) is 0 Å². The Hall–Kier alpha value is -0.530. The maximum atomic E-state index is 10.4. The van der Waals surface area contributed by atoms with Gasteiger partial charge in [0.25, 0.3) is 0 Å². The molecule has 0 saturated heterocycles. The van der Waals surface area contributed by atoms with Crippen LogP contribution in [0.25, 0.3) is 0 Å². The molecule has 0 bridgehead atoms. The number of halogens is 1. The molecule has 1 saturated carbocycles. The summed E-state index contributed by atoms with van der Waals surface area (Å²) in [7, 11) is 0. The second kappa shape index (κ2) is 3.56. The van der Waals surface area contributed by atoms with Crippen LogP contribution < -0.4 is 0 Å². The summed E-state index contributed by atoms with van der Waals surface area (Å²) in [5.74, 6) is 0. The van der Waals surface area contributed by atoms with Crippen molar-refractivity contribution in [3.63, 3.8) is 0 Å². The summed E-state index contributed by atoms with van der Waals surface area (Å²) in [6, 6.07) is 5.85. The lowest BCUT2D eigenvalue weighted by Crippen LogP contribution is -2.20. The molecule has 76 valence electrons. The average molecular weight is 211 g/mol. The van der Waals surface area contributed by atoms with Gasteiger partial charge in [-0.15, -0.1) is 0 Å². The number of hydrogen-bond acceptors (Lipinski definition) is 1. The summed E-state index contributed by atoms with van der Waals surface area (Å²) >= 11 is 5.98. The van der Waals surface area contributed by atoms with E-state index in [0.717, 1.165) is 41.8 Å². The average Bonchev–Trinajstić information content (AvgIpc) is 2.52. The molecular formula is C12H15ClO.